The molecule has 1 aliphatic carbocycles. The lowest BCUT2D eigenvalue weighted by Crippen LogP contribution is -2.36. The molecule has 0 fully saturated rings. The van der Waals surface area contributed by atoms with Gasteiger partial charge in [0.05, 0.1) is 16.6 Å². The molecule has 2 rings (SSSR count). The number of anilines is 1. The summed E-state index contributed by atoms with van der Waals surface area (Å²) in [5, 5.41) is 3.22. The lowest BCUT2D eigenvalue weighted by atomic mass is 9.78. The lowest BCUT2D eigenvalue weighted by Gasteiger charge is -2.26. The van der Waals surface area contributed by atoms with Crippen LogP contribution < -0.4 is 11.1 Å². The first kappa shape index (κ1) is 16.5. The van der Waals surface area contributed by atoms with E-state index in [0.29, 0.717) is 22.9 Å². The number of nitrogens with zero attached hydrogens (tertiary/aromatic N) is 1. The maximum absolute atomic E-state index is 12.1. The normalized spacial score (nSPS) is 18.2. The van der Waals surface area contributed by atoms with Crippen molar-refractivity contribution in [1.82, 2.24) is 4.98 Å². The molecule has 1 atom stereocenters. The number of amides is 1. The van der Waals surface area contributed by atoms with Crippen molar-refractivity contribution in [3.05, 3.63) is 10.6 Å². The van der Waals surface area contributed by atoms with Gasteiger partial charge in [-0.1, -0.05) is 25.2 Å². The number of thiazole rings is 1. The SMILES string of the molecule is CSCCC(N)C(=O)Nc1nc2c(s1)C(=O)CC(C)(C)C2. The fourth-order valence-electron chi connectivity index (χ4n) is 2.35. The topological polar surface area (TPSA) is 85.1 Å². The van der Waals surface area contributed by atoms with Crippen LogP contribution >= 0.6 is 23.1 Å². The number of nitrogens with two attached hydrogens (primary N) is 1. The van der Waals surface area contributed by atoms with Crippen LogP contribution in [0.25, 0.3) is 0 Å². The summed E-state index contributed by atoms with van der Waals surface area (Å²) in [5.41, 5.74) is 6.57. The van der Waals surface area contributed by atoms with Gasteiger partial charge in [-0.3, -0.25) is 9.59 Å². The van der Waals surface area contributed by atoms with Gasteiger partial charge in [0.15, 0.2) is 10.9 Å². The molecule has 5 nitrogen and oxygen atoms in total. The van der Waals surface area contributed by atoms with Gasteiger partial charge >= 0.3 is 0 Å². The molecular formula is C14H21N3O2S2. The molecular weight excluding hydrogens is 306 g/mol. The van der Waals surface area contributed by atoms with Gasteiger partial charge in [-0.05, 0) is 30.3 Å². The van der Waals surface area contributed by atoms with E-state index in [9.17, 15) is 9.59 Å². The number of carbonyl (C=O) groups excluding carboxylic acids is 2. The third-order valence-electron chi connectivity index (χ3n) is 3.44. The first-order valence-corrected chi connectivity index (χ1v) is 9.12. The second-order valence-electron chi connectivity index (χ2n) is 6.11. The van der Waals surface area contributed by atoms with Crippen LogP contribution in [0.4, 0.5) is 5.13 Å². The van der Waals surface area contributed by atoms with E-state index in [4.69, 9.17) is 5.73 Å². The molecule has 0 bridgehead atoms. The number of aromatic nitrogens is 1. The van der Waals surface area contributed by atoms with Crippen LogP contribution in [0.5, 0.6) is 0 Å². The molecule has 3 N–H and O–H groups in total. The van der Waals surface area contributed by atoms with Crippen molar-refractivity contribution in [2.24, 2.45) is 11.1 Å². The molecule has 7 heteroatoms. The molecule has 21 heavy (non-hydrogen) atoms. The van der Waals surface area contributed by atoms with E-state index >= 15 is 0 Å². The monoisotopic (exact) mass is 327 g/mol. The number of carbonyl (C=O) groups is 2. The summed E-state index contributed by atoms with van der Waals surface area (Å²) in [6.07, 6.45) is 3.90. The molecule has 116 valence electrons. The average molecular weight is 327 g/mol. The van der Waals surface area contributed by atoms with Gasteiger partial charge in [0, 0.05) is 6.42 Å². The van der Waals surface area contributed by atoms with Crippen molar-refractivity contribution >= 4 is 39.9 Å². The third-order valence-corrected chi connectivity index (χ3v) is 5.13. The smallest absolute Gasteiger partial charge is 0.243 e. The Morgan fingerprint density at radius 1 is 1.52 bits per heavy atom. The van der Waals surface area contributed by atoms with Crippen LogP contribution in [0.1, 0.15) is 42.1 Å². The highest BCUT2D eigenvalue weighted by Crippen LogP contribution is 2.38. The summed E-state index contributed by atoms with van der Waals surface area (Å²) in [6.45, 7) is 4.12. The van der Waals surface area contributed by atoms with Gasteiger partial charge in [0.2, 0.25) is 5.91 Å². The summed E-state index contributed by atoms with van der Waals surface area (Å²) in [4.78, 5) is 29.2. The molecule has 0 aromatic carbocycles. The lowest BCUT2D eigenvalue weighted by molar-refractivity contribution is -0.117. The summed E-state index contributed by atoms with van der Waals surface area (Å²) in [7, 11) is 0. The van der Waals surface area contributed by atoms with Crippen LogP contribution in [-0.4, -0.2) is 34.7 Å². The summed E-state index contributed by atoms with van der Waals surface area (Å²) in [5.74, 6) is 0.725. The van der Waals surface area contributed by atoms with E-state index in [1.165, 1.54) is 11.3 Å². The van der Waals surface area contributed by atoms with Gasteiger partial charge in [0.25, 0.3) is 0 Å². The van der Waals surface area contributed by atoms with E-state index in [1.807, 2.05) is 6.26 Å². The fourth-order valence-corrected chi connectivity index (χ4v) is 3.76. The van der Waals surface area contributed by atoms with E-state index in [0.717, 1.165) is 17.9 Å². The predicted molar refractivity (Wildman–Crippen MR) is 88.2 cm³/mol. The minimum absolute atomic E-state index is 0.0613. The Kier molecular flexibility index (Phi) is 5.06. The van der Waals surface area contributed by atoms with Gasteiger partial charge in [-0.15, -0.1) is 0 Å². The van der Waals surface area contributed by atoms with Crippen LogP contribution in [-0.2, 0) is 11.2 Å². The maximum Gasteiger partial charge on any atom is 0.243 e. The van der Waals surface area contributed by atoms with Crippen molar-refractivity contribution < 1.29 is 9.59 Å². The largest absolute Gasteiger partial charge is 0.320 e. The number of rotatable bonds is 5. The quantitative estimate of drug-likeness (QED) is 0.867. The number of fused-ring (bicyclic) bond motifs is 1. The Morgan fingerprint density at radius 2 is 2.24 bits per heavy atom. The zero-order chi connectivity index (χ0) is 15.6. The fraction of sp³-hybridized carbons (Fsp3) is 0.643. The minimum Gasteiger partial charge on any atom is -0.320 e. The Morgan fingerprint density at radius 3 is 2.90 bits per heavy atom. The molecule has 0 radical (unpaired) electrons. The molecule has 1 unspecified atom stereocenters. The highest BCUT2D eigenvalue weighted by Gasteiger charge is 2.34. The van der Waals surface area contributed by atoms with Crippen molar-refractivity contribution in [2.75, 3.05) is 17.3 Å². The Balaban J connectivity index is 2.07. The Labute approximate surface area is 133 Å². The molecule has 1 aromatic heterocycles. The predicted octanol–water partition coefficient (Wildman–Crippen LogP) is 2.32. The van der Waals surface area contributed by atoms with E-state index in [2.05, 4.69) is 24.1 Å². The zero-order valence-electron chi connectivity index (χ0n) is 12.6. The second kappa shape index (κ2) is 6.46. The number of nitrogens with one attached hydrogen (secondary N) is 1. The molecule has 0 saturated heterocycles. The van der Waals surface area contributed by atoms with Gasteiger partial charge in [-0.2, -0.15) is 11.8 Å². The van der Waals surface area contributed by atoms with E-state index in [1.54, 1.807) is 11.8 Å². The summed E-state index contributed by atoms with van der Waals surface area (Å²) >= 11 is 2.92. The van der Waals surface area contributed by atoms with Crippen LogP contribution in [0, 0.1) is 5.41 Å². The molecule has 0 aliphatic heterocycles. The minimum atomic E-state index is -0.537. The van der Waals surface area contributed by atoms with E-state index in [-0.39, 0.29) is 17.1 Å². The first-order valence-electron chi connectivity index (χ1n) is 6.91. The van der Waals surface area contributed by atoms with Gasteiger partial charge in [0.1, 0.15) is 0 Å². The number of hydrogen-bond acceptors (Lipinski definition) is 6. The van der Waals surface area contributed by atoms with Crippen molar-refractivity contribution in [2.45, 2.75) is 39.2 Å². The molecule has 1 amide bonds. The highest BCUT2D eigenvalue weighted by molar-refractivity contribution is 7.98. The number of Topliss-reactive ketones (excluding diaryl/α,β-unsaturated/α-hetero) is 1. The summed E-state index contributed by atoms with van der Waals surface area (Å²) < 4.78 is 0. The van der Waals surface area contributed by atoms with Crippen molar-refractivity contribution in [1.29, 1.82) is 0 Å². The molecule has 0 saturated carbocycles. The number of thioether (sulfide) groups is 1. The number of ketones is 1. The third kappa shape index (κ3) is 4.05. The second-order valence-corrected chi connectivity index (χ2v) is 8.10. The zero-order valence-corrected chi connectivity index (χ0v) is 14.2. The van der Waals surface area contributed by atoms with Gasteiger partial charge in [-0.25, -0.2) is 4.98 Å². The molecule has 0 spiro atoms. The van der Waals surface area contributed by atoms with Gasteiger partial charge < -0.3 is 11.1 Å². The first-order chi connectivity index (χ1) is 9.82. The standard InChI is InChI=1S/C14H21N3O2S2/c1-14(2)6-9-11(10(18)7-14)21-13(16-9)17-12(19)8(15)4-5-20-3/h8H,4-7,15H2,1-3H3,(H,16,17,19). The maximum atomic E-state index is 12.1. The van der Waals surface area contributed by atoms with Crippen molar-refractivity contribution in [3.63, 3.8) is 0 Å². The van der Waals surface area contributed by atoms with Crippen molar-refractivity contribution in [3.8, 4) is 0 Å². The molecule has 1 aliphatic rings. The Bertz CT molecular complexity index is 554. The van der Waals surface area contributed by atoms with Crippen LogP contribution in [0.15, 0.2) is 0 Å². The average Bonchev–Trinajstić information content (AvgIpc) is 2.76. The Hall–Kier alpha value is -0.920. The number of hydrogen-bond donors (Lipinski definition) is 2. The molecule has 1 heterocycles. The van der Waals surface area contributed by atoms with Crippen LogP contribution in [0.2, 0.25) is 0 Å². The van der Waals surface area contributed by atoms with E-state index < -0.39 is 6.04 Å². The summed E-state index contributed by atoms with van der Waals surface area (Å²) in [6, 6.07) is -0.537. The molecule has 1 aromatic rings. The van der Waals surface area contributed by atoms with Crippen LogP contribution in [0.3, 0.4) is 0 Å². The highest BCUT2D eigenvalue weighted by atomic mass is 32.2.